The van der Waals surface area contributed by atoms with Crippen LogP contribution in [0.1, 0.15) is 31.4 Å². The zero-order valence-corrected chi connectivity index (χ0v) is 23.7. The molecule has 0 saturated heterocycles. The van der Waals surface area contributed by atoms with E-state index >= 15 is 0 Å². The number of anilines is 1. The fraction of sp³-hybridized carbons (Fsp3) is 0.387. The smallest absolute Gasteiger partial charge is 0.242 e. The second kappa shape index (κ2) is 12.4. The lowest BCUT2D eigenvalue weighted by Gasteiger charge is -2.31. The Morgan fingerprint density at radius 2 is 1.64 bits per heavy atom. The van der Waals surface area contributed by atoms with Crippen molar-refractivity contribution >= 4 is 22.0 Å². The van der Waals surface area contributed by atoms with Gasteiger partial charge in [0.15, 0.2) is 0 Å². The molecular weight excluding hydrogens is 510 g/mol. The Hall–Kier alpha value is -3.04. The van der Waals surface area contributed by atoms with E-state index in [0.29, 0.717) is 12.5 Å². The summed E-state index contributed by atoms with van der Waals surface area (Å²) in [7, 11) is -2.31. The maximum atomic E-state index is 13.3. The quantitative estimate of drug-likeness (QED) is 0.278. The number of nitrogens with zero attached hydrogens (tertiary/aromatic N) is 1. The highest BCUT2D eigenvalue weighted by Gasteiger charge is 2.29. The lowest BCUT2D eigenvalue weighted by Crippen LogP contribution is -2.47. The van der Waals surface area contributed by atoms with Crippen LogP contribution in [0.3, 0.4) is 0 Å². The van der Waals surface area contributed by atoms with E-state index in [1.165, 1.54) is 22.5 Å². The molecule has 208 valence electrons. The summed E-state index contributed by atoms with van der Waals surface area (Å²) >= 11 is 0. The Kier molecular flexibility index (Phi) is 9.23. The predicted octanol–water partition coefficient (Wildman–Crippen LogP) is 4.12. The van der Waals surface area contributed by atoms with E-state index in [1.54, 1.807) is 18.2 Å². The summed E-state index contributed by atoms with van der Waals surface area (Å²) in [6, 6.07) is 22.8. The van der Waals surface area contributed by atoms with Crippen molar-refractivity contribution in [1.82, 2.24) is 9.62 Å². The minimum absolute atomic E-state index is 0.0182. The van der Waals surface area contributed by atoms with Crippen molar-refractivity contribution in [2.24, 2.45) is 5.92 Å². The first-order chi connectivity index (χ1) is 18.6. The Labute approximate surface area is 232 Å². The molecule has 7 nitrogen and oxygen atoms in total. The summed E-state index contributed by atoms with van der Waals surface area (Å²) in [6.07, 6.45) is 3.05. The number of carbonyl (C=O) groups is 1. The highest BCUT2D eigenvalue weighted by atomic mass is 32.2. The molecule has 0 bridgehead atoms. The van der Waals surface area contributed by atoms with Crippen LogP contribution in [0.2, 0.25) is 0 Å². The zero-order chi connectivity index (χ0) is 28.0. The normalized spacial score (nSPS) is 14.8. The molecule has 8 heteroatoms. The zero-order valence-electron chi connectivity index (χ0n) is 22.9. The van der Waals surface area contributed by atoms with Crippen molar-refractivity contribution in [2.75, 3.05) is 32.0 Å². The van der Waals surface area contributed by atoms with Crippen LogP contribution < -0.4 is 10.6 Å². The maximum absolute atomic E-state index is 13.3. The molecule has 4 rings (SSSR count). The van der Waals surface area contributed by atoms with Gasteiger partial charge in [0.2, 0.25) is 10.0 Å². The molecule has 0 aromatic heterocycles. The first-order valence-corrected chi connectivity index (χ1v) is 14.9. The van der Waals surface area contributed by atoms with E-state index in [4.69, 9.17) is 0 Å². The van der Waals surface area contributed by atoms with Gasteiger partial charge in [-0.15, -0.1) is 0 Å². The average Bonchev–Trinajstić information content (AvgIpc) is 3.32. The lowest BCUT2D eigenvalue weighted by atomic mass is 9.88. The number of carbonyl (C=O) groups excluding carboxylic acids is 1. The minimum Gasteiger partial charge on any atom is -0.390 e. The predicted molar refractivity (Wildman–Crippen MR) is 156 cm³/mol. The van der Waals surface area contributed by atoms with Gasteiger partial charge < -0.3 is 20.5 Å². The number of sulfonamides is 1. The summed E-state index contributed by atoms with van der Waals surface area (Å²) in [5, 5.41) is 17.2. The molecule has 0 fully saturated rings. The number of rotatable bonds is 13. The summed E-state index contributed by atoms with van der Waals surface area (Å²) in [5.74, 6) is 0.555. The van der Waals surface area contributed by atoms with Crippen molar-refractivity contribution in [3.63, 3.8) is 0 Å². The molecule has 3 aromatic rings. The Morgan fingerprint density at radius 1 is 1.00 bits per heavy atom. The number of hydrogen-bond acceptors (Lipinski definition) is 6. The van der Waals surface area contributed by atoms with E-state index in [0.717, 1.165) is 42.4 Å². The van der Waals surface area contributed by atoms with Gasteiger partial charge >= 0.3 is 0 Å². The number of benzene rings is 3. The average molecular weight is 550 g/mol. The van der Waals surface area contributed by atoms with Gasteiger partial charge in [-0.05, 0) is 85.5 Å². The number of β-amino-alcohol motifs (C(OH)–C–C–N with tert-alkyl or cyclic N) is 1. The number of likely N-dealkylation sites (N-methyl/N-ethyl adjacent to an activating group) is 1. The summed E-state index contributed by atoms with van der Waals surface area (Å²) in [4.78, 5) is 10.8. The van der Waals surface area contributed by atoms with Crippen LogP contribution in [0.4, 0.5) is 5.69 Å². The number of hydrogen-bond donors (Lipinski definition) is 3. The van der Waals surface area contributed by atoms with E-state index in [-0.39, 0.29) is 23.5 Å². The standard InChI is InChI=1S/C31H39N3O4S/c1-31(2,20-23-16-24-8-4-5-9-25(24)17-23)33-21-29(36)22-34(3)39(37,38)30-13-7-11-27(19-30)26-10-6-12-28(18-26)32-14-15-35/h4-13,15,18-19,23,29,32-33,36H,14,16-17,20-22H2,1-3H3/t29-/m1/s1. The van der Waals surface area contributed by atoms with Crippen LogP contribution in [0.5, 0.6) is 0 Å². The van der Waals surface area contributed by atoms with E-state index in [1.807, 2.05) is 30.3 Å². The van der Waals surface area contributed by atoms with E-state index < -0.39 is 16.1 Å². The molecule has 0 spiro atoms. The molecule has 0 unspecified atom stereocenters. The fourth-order valence-electron chi connectivity index (χ4n) is 5.43. The van der Waals surface area contributed by atoms with Crippen molar-refractivity contribution in [3.05, 3.63) is 83.9 Å². The summed E-state index contributed by atoms with van der Waals surface area (Å²) in [5.41, 5.74) is 5.03. The molecule has 0 heterocycles. The van der Waals surface area contributed by atoms with Gasteiger partial charge in [-0.1, -0.05) is 48.5 Å². The molecule has 0 radical (unpaired) electrons. The Morgan fingerprint density at radius 3 is 2.31 bits per heavy atom. The lowest BCUT2D eigenvalue weighted by molar-refractivity contribution is -0.106. The minimum atomic E-state index is -3.81. The molecule has 39 heavy (non-hydrogen) atoms. The van der Waals surface area contributed by atoms with Crippen molar-refractivity contribution in [3.8, 4) is 11.1 Å². The van der Waals surface area contributed by atoms with Crippen LogP contribution in [0.25, 0.3) is 11.1 Å². The van der Waals surface area contributed by atoms with Crippen LogP contribution in [0.15, 0.2) is 77.7 Å². The number of aliphatic hydroxyl groups excluding tert-OH is 1. The third kappa shape index (κ3) is 7.54. The van der Waals surface area contributed by atoms with Gasteiger partial charge in [0.25, 0.3) is 0 Å². The second-order valence-corrected chi connectivity index (χ2v) is 13.2. The van der Waals surface area contributed by atoms with Gasteiger partial charge in [0.05, 0.1) is 17.5 Å². The van der Waals surface area contributed by atoms with Crippen LogP contribution in [0, 0.1) is 5.92 Å². The van der Waals surface area contributed by atoms with Gasteiger partial charge in [-0.2, -0.15) is 4.31 Å². The highest BCUT2D eigenvalue weighted by molar-refractivity contribution is 7.89. The van der Waals surface area contributed by atoms with Gasteiger partial charge in [-0.3, -0.25) is 0 Å². The third-order valence-electron chi connectivity index (χ3n) is 7.35. The molecule has 1 aliphatic rings. The molecular formula is C31H39N3O4S. The summed E-state index contributed by atoms with van der Waals surface area (Å²) < 4.78 is 27.9. The van der Waals surface area contributed by atoms with Crippen LogP contribution >= 0.6 is 0 Å². The topological polar surface area (TPSA) is 98.7 Å². The number of fused-ring (bicyclic) bond motifs is 1. The van der Waals surface area contributed by atoms with Crippen molar-refractivity contribution < 1.29 is 18.3 Å². The molecule has 3 aromatic carbocycles. The molecule has 0 saturated carbocycles. The first kappa shape index (κ1) is 29.0. The SMILES string of the molecule is CN(C[C@H](O)CNC(C)(C)CC1Cc2ccccc2C1)S(=O)(=O)c1cccc(-c2cccc(NCC=O)c2)c1. The molecule has 0 amide bonds. The van der Waals surface area contributed by atoms with Gasteiger partial charge in [0.1, 0.15) is 6.29 Å². The van der Waals surface area contributed by atoms with Crippen LogP contribution in [-0.2, 0) is 27.7 Å². The van der Waals surface area contributed by atoms with Crippen molar-refractivity contribution in [2.45, 2.75) is 49.6 Å². The molecule has 0 aliphatic heterocycles. The Balaban J connectivity index is 1.34. The maximum Gasteiger partial charge on any atom is 0.242 e. The third-order valence-corrected chi connectivity index (χ3v) is 9.17. The number of nitrogens with one attached hydrogen (secondary N) is 2. The summed E-state index contributed by atoms with van der Waals surface area (Å²) in [6.45, 7) is 4.75. The Bertz CT molecular complexity index is 1360. The highest BCUT2D eigenvalue weighted by Crippen LogP contribution is 2.32. The number of aliphatic hydroxyl groups is 1. The number of aldehydes is 1. The van der Waals surface area contributed by atoms with E-state index in [9.17, 15) is 18.3 Å². The second-order valence-electron chi connectivity index (χ2n) is 11.1. The van der Waals surface area contributed by atoms with E-state index in [2.05, 4.69) is 48.7 Å². The monoisotopic (exact) mass is 549 g/mol. The molecule has 3 N–H and O–H groups in total. The molecule has 1 aliphatic carbocycles. The first-order valence-electron chi connectivity index (χ1n) is 13.4. The van der Waals surface area contributed by atoms with Crippen LogP contribution in [-0.4, -0.2) is 62.4 Å². The fourth-order valence-corrected chi connectivity index (χ4v) is 6.68. The largest absolute Gasteiger partial charge is 0.390 e. The van der Waals surface area contributed by atoms with Gasteiger partial charge in [-0.25, -0.2) is 8.42 Å². The van der Waals surface area contributed by atoms with Gasteiger partial charge in [0, 0.05) is 31.4 Å². The molecule has 1 atom stereocenters. The van der Waals surface area contributed by atoms with Crippen molar-refractivity contribution in [1.29, 1.82) is 0 Å².